The van der Waals surface area contributed by atoms with E-state index in [1.54, 1.807) is 11.8 Å². The molecule has 0 aromatic heterocycles. The first-order valence-corrected chi connectivity index (χ1v) is 8.37. The monoisotopic (exact) mass is 296 g/mol. The Morgan fingerprint density at radius 3 is 2.43 bits per heavy atom. The molecule has 5 heteroatoms. The lowest BCUT2D eigenvalue weighted by Crippen LogP contribution is -2.51. The number of hydrogen-bond donors (Lipinski definition) is 1. The average molecular weight is 296 g/mol. The van der Waals surface area contributed by atoms with E-state index in [2.05, 4.69) is 0 Å². The predicted molar refractivity (Wildman–Crippen MR) is 80.5 cm³/mol. The highest BCUT2D eigenvalue weighted by molar-refractivity contribution is 5.88. The summed E-state index contributed by atoms with van der Waals surface area (Å²) < 4.78 is 5.08. The Labute approximate surface area is 127 Å². The smallest absolute Gasteiger partial charge is 0.328 e. The van der Waals surface area contributed by atoms with E-state index < -0.39 is 12.1 Å². The Morgan fingerprint density at radius 2 is 1.81 bits per heavy atom. The number of esters is 1. The van der Waals surface area contributed by atoms with E-state index in [-0.39, 0.29) is 17.8 Å². The van der Waals surface area contributed by atoms with Crippen molar-refractivity contribution in [3.63, 3.8) is 0 Å². The molecule has 2 fully saturated rings. The molecule has 1 unspecified atom stereocenters. The number of carbonyl (C=O) groups excluding carboxylic acids is 2. The fourth-order valence-corrected chi connectivity index (χ4v) is 3.58. The Hall–Kier alpha value is -1.10. The van der Waals surface area contributed by atoms with Crippen LogP contribution < -0.4 is 5.73 Å². The standard InChI is InChI=1S/C16H28N2O3/c1-2-21-16(20)13-10-7-11-18(13)15(19)14(17)12-8-5-3-4-6-9-12/h12-14H,2-11,17H2,1H3/t13?,14-/m0/s1. The minimum Gasteiger partial charge on any atom is -0.464 e. The first-order chi connectivity index (χ1) is 10.1. The molecule has 2 atom stereocenters. The van der Waals surface area contributed by atoms with Gasteiger partial charge in [0.05, 0.1) is 12.6 Å². The summed E-state index contributed by atoms with van der Waals surface area (Å²) in [6.07, 6.45) is 8.42. The van der Waals surface area contributed by atoms with Gasteiger partial charge in [-0.05, 0) is 38.5 Å². The fourth-order valence-electron chi connectivity index (χ4n) is 3.58. The Kier molecular flexibility index (Phi) is 6.03. The van der Waals surface area contributed by atoms with E-state index in [4.69, 9.17) is 10.5 Å². The second kappa shape index (κ2) is 7.78. The highest BCUT2D eigenvalue weighted by Crippen LogP contribution is 2.27. The largest absolute Gasteiger partial charge is 0.464 e. The SMILES string of the molecule is CCOC(=O)C1CCCN1C(=O)[C@@H](N)C1CCCCCC1. The van der Waals surface area contributed by atoms with E-state index in [0.717, 1.165) is 32.1 Å². The molecule has 1 heterocycles. The van der Waals surface area contributed by atoms with Gasteiger partial charge in [0.2, 0.25) is 5.91 Å². The zero-order valence-corrected chi connectivity index (χ0v) is 13.1. The van der Waals surface area contributed by atoms with Gasteiger partial charge < -0.3 is 15.4 Å². The van der Waals surface area contributed by atoms with Crippen molar-refractivity contribution in [3.8, 4) is 0 Å². The van der Waals surface area contributed by atoms with Crippen molar-refractivity contribution in [2.24, 2.45) is 11.7 Å². The van der Waals surface area contributed by atoms with Crippen LogP contribution in [0.4, 0.5) is 0 Å². The van der Waals surface area contributed by atoms with Gasteiger partial charge in [-0.3, -0.25) is 4.79 Å². The molecule has 0 radical (unpaired) electrons. The summed E-state index contributed by atoms with van der Waals surface area (Å²) >= 11 is 0. The highest BCUT2D eigenvalue weighted by atomic mass is 16.5. The maximum Gasteiger partial charge on any atom is 0.328 e. The van der Waals surface area contributed by atoms with Crippen LogP contribution in [0.2, 0.25) is 0 Å². The van der Waals surface area contributed by atoms with E-state index in [0.29, 0.717) is 19.6 Å². The molecule has 1 aliphatic carbocycles. The highest BCUT2D eigenvalue weighted by Gasteiger charge is 2.38. The summed E-state index contributed by atoms with van der Waals surface area (Å²) in [5.41, 5.74) is 6.23. The van der Waals surface area contributed by atoms with Gasteiger partial charge in [-0.25, -0.2) is 4.79 Å². The molecule has 0 spiro atoms. The van der Waals surface area contributed by atoms with Gasteiger partial charge >= 0.3 is 5.97 Å². The third-order valence-corrected chi connectivity index (χ3v) is 4.79. The molecule has 1 saturated heterocycles. The quantitative estimate of drug-likeness (QED) is 0.634. The third kappa shape index (κ3) is 3.96. The molecule has 0 bridgehead atoms. The molecule has 2 rings (SSSR count). The van der Waals surface area contributed by atoms with Crippen LogP contribution in [0.1, 0.15) is 58.3 Å². The lowest BCUT2D eigenvalue weighted by molar-refractivity contribution is -0.153. The molecule has 1 amide bonds. The van der Waals surface area contributed by atoms with Crippen molar-refractivity contribution in [2.45, 2.75) is 70.4 Å². The van der Waals surface area contributed by atoms with Crippen molar-refractivity contribution >= 4 is 11.9 Å². The van der Waals surface area contributed by atoms with Gasteiger partial charge in [-0.15, -0.1) is 0 Å². The average Bonchev–Trinajstić information content (AvgIpc) is 2.81. The molecule has 1 aliphatic heterocycles. The number of amides is 1. The molecular weight excluding hydrogens is 268 g/mol. The molecule has 1 saturated carbocycles. The summed E-state index contributed by atoms with van der Waals surface area (Å²) in [6.45, 7) is 2.77. The van der Waals surface area contributed by atoms with Gasteiger partial charge in [0.25, 0.3) is 0 Å². The molecule has 0 aromatic carbocycles. The maximum absolute atomic E-state index is 12.7. The van der Waals surface area contributed by atoms with Crippen molar-refractivity contribution in [1.29, 1.82) is 0 Å². The van der Waals surface area contributed by atoms with E-state index >= 15 is 0 Å². The lowest BCUT2D eigenvalue weighted by Gasteiger charge is -2.29. The first-order valence-electron chi connectivity index (χ1n) is 8.37. The van der Waals surface area contributed by atoms with Crippen molar-refractivity contribution in [2.75, 3.05) is 13.2 Å². The van der Waals surface area contributed by atoms with Gasteiger partial charge in [0, 0.05) is 6.54 Å². The number of hydrogen-bond acceptors (Lipinski definition) is 4. The zero-order chi connectivity index (χ0) is 15.2. The summed E-state index contributed by atoms with van der Waals surface area (Å²) in [6, 6.07) is -0.882. The minimum atomic E-state index is -0.460. The topological polar surface area (TPSA) is 72.6 Å². The van der Waals surface area contributed by atoms with Crippen molar-refractivity contribution in [1.82, 2.24) is 4.90 Å². The third-order valence-electron chi connectivity index (χ3n) is 4.79. The van der Waals surface area contributed by atoms with Gasteiger partial charge in [-0.1, -0.05) is 25.7 Å². The van der Waals surface area contributed by atoms with E-state index in [1.165, 1.54) is 12.8 Å². The molecule has 2 N–H and O–H groups in total. The normalized spacial score (nSPS) is 25.4. The number of ether oxygens (including phenoxy) is 1. The second-order valence-electron chi connectivity index (χ2n) is 6.22. The van der Waals surface area contributed by atoms with Crippen LogP contribution in [0.15, 0.2) is 0 Å². The number of nitrogens with zero attached hydrogens (tertiary/aromatic N) is 1. The maximum atomic E-state index is 12.7. The van der Waals surface area contributed by atoms with Crippen LogP contribution >= 0.6 is 0 Å². The first kappa shape index (κ1) is 16.3. The number of carbonyl (C=O) groups is 2. The van der Waals surface area contributed by atoms with Crippen LogP contribution in [-0.4, -0.2) is 42.0 Å². The summed E-state index contributed by atoms with van der Waals surface area (Å²) in [5, 5.41) is 0. The molecule has 21 heavy (non-hydrogen) atoms. The van der Waals surface area contributed by atoms with Crippen molar-refractivity contribution in [3.05, 3.63) is 0 Å². The summed E-state index contributed by atoms with van der Waals surface area (Å²) in [5.74, 6) is -0.0719. The second-order valence-corrected chi connectivity index (χ2v) is 6.22. The number of nitrogens with two attached hydrogens (primary N) is 1. The molecule has 5 nitrogen and oxygen atoms in total. The lowest BCUT2D eigenvalue weighted by atomic mass is 9.91. The molecule has 120 valence electrons. The van der Waals surface area contributed by atoms with Crippen LogP contribution in [0.25, 0.3) is 0 Å². The molecule has 2 aliphatic rings. The van der Waals surface area contributed by atoms with E-state index in [1.807, 2.05) is 0 Å². The Bertz CT molecular complexity index is 365. The van der Waals surface area contributed by atoms with E-state index in [9.17, 15) is 9.59 Å². The summed E-state index contributed by atoms with van der Waals surface area (Å²) in [7, 11) is 0. The van der Waals surface area contributed by atoms with Gasteiger partial charge in [0.15, 0.2) is 0 Å². The van der Waals surface area contributed by atoms with Crippen LogP contribution in [0, 0.1) is 5.92 Å². The van der Waals surface area contributed by atoms with Gasteiger partial charge in [-0.2, -0.15) is 0 Å². The number of likely N-dealkylation sites (tertiary alicyclic amines) is 1. The van der Waals surface area contributed by atoms with Crippen LogP contribution in [0.5, 0.6) is 0 Å². The van der Waals surface area contributed by atoms with Gasteiger partial charge in [0.1, 0.15) is 6.04 Å². The summed E-state index contributed by atoms with van der Waals surface area (Å²) in [4.78, 5) is 26.3. The number of rotatable bonds is 4. The Balaban J connectivity index is 1.98. The Morgan fingerprint density at radius 1 is 1.14 bits per heavy atom. The fraction of sp³-hybridized carbons (Fsp3) is 0.875. The minimum absolute atomic E-state index is 0.0579. The molecular formula is C16H28N2O3. The van der Waals surface area contributed by atoms with Crippen LogP contribution in [0.3, 0.4) is 0 Å². The molecule has 0 aromatic rings. The van der Waals surface area contributed by atoms with Crippen LogP contribution in [-0.2, 0) is 14.3 Å². The van der Waals surface area contributed by atoms with Crippen molar-refractivity contribution < 1.29 is 14.3 Å². The zero-order valence-electron chi connectivity index (χ0n) is 13.1. The predicted octanol–water partition coefficient (Wildman–Crippen LogP) is 1.84.